The minimum absolute atomic E-state index is 0.155. The smallest absolute Gasteiger partial charge is 0.263 e. The normalized spacial score (nSPS) is 9.95. The number of rotatable bonds is 7. The predicted molar refractivity (Wildman–Crippen MR) is 91.0 cm³/mol. The van der Waals surface area contributed by atoms with E-state index >= 15 is 0 Å². The predicted octanol–water partition coefficient (Wildman–Crippen LogP) is 3.35. The fraction of sp³-hybridized carbons (Fsp3) is 0.357. The van der Waals surface area contributed by atoms with Gasteiger partial charge < -0.3 is 16.4 Å². The largest absolute Gasteiger partial charge is 0.396 e. The average Bonchev–Trinajstić information content (AvgIpc) is 2.72. The van der Waals surface area contributed by atoms with Crippen molar-refractivity contribution >= 4 is 39.7 Å². The minimum Gasteiger partial charge on any atom is -0.396 e. The first kappa shape index (κ1) is 16.7. The van der Waals surface area contributed by atoms with E-state index in [0.717, 1.165) is 16.4 Å². The zero-order valence-corrected chi connectivity index (χ0v) is 13.7. The summed E-state index contributed by atoms with van der Waals surface area (Å²) in [5.41, 5.74) is 7.86. The summed E-state index contributed by atoms with van der Waals surface area (Å²) >= 11 is 2.93. The first-order valence-corrected chi connectivity index (χ1v) is 8.28. The summed E-state index contributed by atoms with van der Waals surface area (Å²) in [6.07, 6.45) is 5.69. The van der Waals surface area contributed by atoms with Crippen molar-refractivity contribution < 1.29 is 4.79 Å². The van der Waals surface area contributed by atoms with Crippen LogP contribution in [0.25, 0.3) is 0 Å². The molecule has 110 valence electrons. The highest BCUT2D eigenvalue weighted by Crippen LogP contribution is 2.41. The Hall–Kier alpha value is -1.40. The number of hydrogen-bond acceptors (Lipinski definition) is 5. The summed E-state index contributed by atoms with van der Waals surface area (Å²) in [6.45, 7) is 8.84. The molecule has 0 saturated heterocycles. The van der Waals surface area contributed by atoms with Gasteiger partial charge in [0.05, 0.1) is 10.6 Å². The first-order valence-electron chi connectivity index (χ1n) is 6.23. The highest BCUT2D eigenvalue weighted by molar-refractivity contribution is 7.99. The molecule has 1 rings (SSSR count). The Morgan fingerprint density at radius 3 is 2.70 bits per heavy atom. The van der Waals surface area contributed by atoms with Gasteiger partial charge in [0.1, 0.15) is 9.88 Å². The SMILES string of the molecule is C=CCNC(=O)c1sc(NCC=C(C)C)c(SC)c1N. The van der Waals surface area contributed by atoms with Crippen molar-refractivity contribution in [2.24, 2.45) is 0 Å². The van der Waals surface area contributed by atoms with Crippen LogP contribution in [0.4, 0.5) is 10.7 Å². The van der Waals surface area contributed by atoms with Gasteiger partial charge in [-0.15, -0.1) is 29.7 Å². The van der Waals surface area contributed by atoms with Gasteiger partial charge in [-0.1, -0.05) is 17.7 Å². The molecule has 1 amide bonds. The van der Waals surface area contributed by atoms with E-state index in [1.54, 1.807) is 17.8 Å². The molecule has 1 aromatic heterocycles. The van der Waals surface area contributed by atoms with Crippen LogP contribution >= 0.6 is 23.1 Å². The quantitative estimate of drug-likeness (QED) is 0.533. The summed E-state index contributed by atoms with van der Waals surface area (Å²) < 4.78 is 0. The number of nitrogens with two attached hydrogens (primary N) is 1. The van der Waals surface area contributed by atoms with Crippen molar-refractivity contribution in [3.63, 3.8) is 0 Å². The highest BCUT2D eigenvalue weighted by atomic mass is 32.2. The van der Waals surface area contributed by atoms with Crippen LogP contribution in [0.3, 0.4) is 0 Å². The summed E-state index contributed by atoms with van der Waals surface area (Å²) in [4.78, 5) is 13.5. The van der Waals surface area contributed by atoms with Gasteiger partial charge in [0.25, 0.3) is 5.91 Å². The maximum absolute atomic E-state index is 12.0. The van der Waals surface area contributed by atoms with E-state index in [1.165, 1.54) is 16.9 Å². The fourth-order valence-corrected chi connectivity index (χ4v) is 3.47. The van der Waals surface area contributed by atoms with E-state index in [4.69, 9.17) is 5.73 Å². The number of thiophene rings is 1. The molecule has 4 nitrogen and oxygen atoms in total. The molecule has 0 unspecified atom stereocenters. The second kappa shape index (κ2) is 8.01. The van der Waals surface area contributed by atoms with Gasteiger partial charge in [-0.25, -0.2) is 0 Å². The summed E-state index contributed by atoms with van der Waals surface area (Å²) in [6, 6.07) is 0. The number of amides is 1. The molecule has 0 fully saturated rings. The zero-order chi connectivity index (χ0) is 15.1. The lowest BCUT2D eigenvalue weighted by Crippen LogP contribution is -2.23. The Morgan fingerprint density at radius 1 is 1.45 bits per heavy atom. The Morgan fingerprint density at radius 2 is 2.15 bits per heavy atom. The Kier molecular flexibility index (Phi) is 6.67. The van der Waals surface area contributed by atoms with Gasteiger partial charge in [0.2, 0.25) is 0 Å². The van der Waals surface area contributed by atoms with Gasteiger partial charge in [-0.05, 0) is 20.1 Å². The molecule has 1 aromatic rings. The van der Waals surface area contributed by atoms with E-state index < -0.39 is 0 Å². The average molecular weight is 311 g/mol. The molecule has 20 heavy (non-hydrogen) atoms. The third-order valence-corrected chi connectivity index (χ3v) is 4.61. The van der Waals surface area contributed by atoms with Crippen molar-refractivity contribution in [1.82, 2.24) is 5.32 Å². The second-order valence-corrected chi connectivity index (χ2v) is 6.21. The first-order chi connectivity index (χ1) is 9.51. The molecule has 4 N–H and O–H groups in total. The van der Waals surface area contributed by atoms with Crippen molar-refractivity contribution in [1.29, 1.82) is 0 Å². The van der Waals surface area contributed by atoms with Crippen LogP contribution in [0.15, 0.2) is 29.2 Å². The molecule has 0 spiro atoms. The molecular weight excluding hydrogens is 290 g/mol. The molecule has 0 radical (unpaired) electrons. The third kappa shape index (κ3) is 4.31. The lowest BCUT2D eigenvalue weighted by atomic mass is 10.3. The minimum atomic E-state index is -0.155. The van der Waals surface area contributed by atoms with E-state index in [9.17, 15) is 4.79 Å². The van der Waals surface area contributed by atoms with E-state index in [2.05, 4.69) is 23.3 Å². The van der Waals surface area contributed by atoms with Crippen LogP contribution in [0.5, 0.6) is 0 Å². The molecule has 0 aliphatic rings. The third-order valence-electron chi connectivity index (χ3n) is 2.49. The lowest BCUT2D eigenvalue weighted by Gasteiger charge is -2.03. The van der Waals surface area contributed by atoms with Gasteiger partial charge >= 0.3 is 0 Å². The Bertz CT molecular complexity index is 517. The fourth-order valence-electron chi connectivity index (χ4n) is 1.51. The highest BCUT2D eigenvalue weighted by Gasteiger charge is 2.19. The number of carbonyl (C=O) groups is 1. The number of hydrogen-bond donors (Lipinski definition) is 3. The van der Waals surface area contributed by atoms with Gasteiger partial charge in [-0.3, -0.25) is 4.79 Å². The summed E-state index contributed by atoms with van der Waals surface area (Å²) in [5, 5.41) is 7.00. The van der Waals surface area contributed by atoms with Crippen LogP contribution in [-0.4, -0.2) is 25.3 Å². The molecule has 0 aromatic carbocycles. The Labute approximate surface area is 128 Å². The van der Waals surface area contributed by atoms with E-state index in [-0.39, 0.29) is 5.91 Å². The standard InChI is InChI=1S/C14H21N3OS2/c1-5-7-16-13(18)11-10(15)12(19-4)14(20-11)17-8-6-9(2)3/h5-6,17H,1,7-8,15H2,2-4H3,(H,16,18). The maximum Gasteiger partial charge on any atom is 0.263 e. The molecule has 0 saturated carbocycles. The second-order valence-electron chi connectivity index (χ2n) is 4.37. The number of thioether (sulfide) groups is 1. The topological polar surface area (TPSA) is 67.2 Å². The van der Waals surface area contributed by atoms with E-state index in [1.807, 2.05) is 20.1 Å². The van der Waals surface area contributed by atoms with Crippen molar-refractivity contribution in [3.8, 4) is 0 Å². The Balaban J connectivity index is 2.93. The maximum atomic E-state index is 12.0. The molecular formula is C14H21N3OS2. The van der Waals surface area contributed by atoms with Crippen LogP contribution in [0, 0.1) is 0 Å². The number of nitrogen functional groups attached to an aromatic ring is 1. The van der Waals surface area contributed by atoms with Crippen molar-refractivity contribution in [3.05, 3.63) is 29.2 Å². The number of anilines is 2. The molecule has 0 bridgehead atoms. The monoisotopic (exact) mass is 311 g/mol. The molecule has 0 aliphatic carbocycles. The van der Waals surface area contributed by atoms with Gasteiger partial charge in [0, 0.05) is 13.1 Å². The van der Waals surface area contributed by atoms with Crippen molar-refractivity contribution in [2.45, 2.75) is 18.7 Å². The number of carbonyl (C=O) groups excluding carboxylic acids is 1. The van der Waals surface area contributed by atoms with Gasteiger partial charge in [0.15, 0.2) is 0 Å². The molecule has 1 heterocycles. The van der Waals surface area contributed by atoms with Crippen LogP contribution in [0.2, 0.25) is 0 Å². The van der Waals surface area contributed by atoms with E-state index in [0.29, 0.717) is 17.1 Å². The lowest BCUT2D eigenvalue weighted by molar-refractivity contribution is 0.0963. The summed E-state index contributed by atoms with van der Waals surface area (Å²) in [7, 11) is 0. The van der Waals surface area contributed by atoms with Crippen LogP contribution in [0.1, 0.15) is 23.5 Å². The molecule has 6 heteroatoms. The zero-order valence-electron chi connectivity index (χ0n) is 12.1. The molecule has 0 atom stereocenters. The van der Waals surface area contributed by atoms with Crippen molar-refractivity contribution in [2.75, 3.05) is 30.4 Å². The molecule has 0 aliphatic heterocycles. The van der Waals surface area contributed by atoms with Crippen LogP contribution < -0.4 is 16.4 Å². The van der Waals surface area contributed by atoms with Gasteiger partial charge in [-0.2, -0.15) is 0 Å². The number of allylic oxidation sites excluding steroid dienone is 1. The van der Waals surface area contributed by atoms with Crippen LogP contribution in [-0.2, 0) is 0 Å². The number of nitrogens with one attached hydrogen (secondary N) is 2. The summed E-state index contributed by atoms with van der Waals surface area (Å²) in [5.74, 6) is -0.155.